The molecular formula is C16H16N6O6. The molecule has 12 heteroatoms. The van der Waals surface area contributed by atoms with Gasteiger partial charge in [-0.05, 0) is 13.0 Å². The molecule has 28 heavy (non-hydrogen) atoms. The fraction of sp³-hybridized carbons (Fsp3) is 0.250. The molecule has 12 nitrogen and oxygen atoms in total. The summed E-state index contributed by atoms with van der Waals surface area (Å²) in [5.41, 5.74) is 0.598. The van der Waals surface area contributed by atoms with Gasteiger partial charge in [-0.2, -0.15) is 5.10 Å². The Morgan fingerprint density at radius 3 is 2.46 bits per heavy atom. The van der Waals surface area contributed by atoms with Crippen molar-refractivity contribution in [1.29, 1.82) is 0 Å². The molecule has 0 spiro atoms. The Kier molecular flexibility index (Phi) is 4.94. The molecule has 2 heterocycles. The van der Waals surface area contributed by atoms with E-state index < -0.39 is 16.5 Å². The molecule has 3 aromatic rings. The lowest BCUT2D eigenvalue weighted by Gasteiger charge is -2.09. The van der Waals surface area contributed by atoms with E-state index in [0.717, 1.165) is 11.8 Å². The minimum Gasteiger partial charge on any atom is -0.493 e. The van der Waals surface area contributed by atoms with Crippen molar-refractivity contribution >= 4 is 17.6 Å². The van der Waals surface area contributed by atoms with Crippen molar-refractivity contribution in [2.45, 2.75) is 6.92 Å². The largest absolute Gasteiger partial charge is 0.493 e. The molecule has 2 aromatic heterocycles. The number of aryl methyl sites for hydroxylation is 2. The molecule has 0 saturated carbocycles. The van der Waals surface area contributed by atoms with Gasteiger partial charge in [-0.15, -0.1) is 5.10 Å². The molecule has 3 rings (SSSR count). The number of anilines is 1. The van der Waals surface area contributed by atoms with E-state index in [0.29, 0.717) is 5.69 Å². The summed E-state index contributed by atoms with van der Waals surface area (Å²) in [5.74, 6) is -0.392. The minimum absolute atomic E-state index is 0.123. The number of nitrogens with zero attached hydrogens (tertiary/aromatic N) is 5. The highest BCUT2D eigenvalue weighted by atomic mass is 16.6. The molecule has 0 aliphatic rings. The van der Waals surface area contributed by atoms with Crippen LogP contribution in [-0.4, -0.2) is 45.0 Å². The van der Waals surface area contributed by atoms with E-state index in [-0.39, 0.29) is 29.0 Å². The molecule has 0 unspecified atom stereocenters. The van der Waals surface area contributed by atoms with Gasteiger partial charge in [-0.25, -0.2) is 0 Å². The maximum atomic E-state index is 12.6. The van der Waals surface area contributed by atoms with Gasteiger partial charge in [-0.1, -0.05) is 5.10 Å². The average Bonchev–Trinajstić information content (AvgIpc) is 3.25. The second-order valence-electron chi connectivity index (χ2n) is 5.64. The number of benzene rings is 1. The Morgan fingerprint density at radius 1 is 1.21 bits per heavy atom. The molecule has 0 aliphatic heterocycles. The summed E-state index contributed by atoms with van der Waals surface area (Å²) in [6.07, 6.45) is 0. The van der Waals surface area contributed by atoms with Crippen LogP contribution >= 0.6 is 0 Å². The number of nitro benzene ring substituents is 1. The molecule has 0 bridgehead atoms. The Morgan fingerprint density at radius 2 is 1.89 bits per heavy atom. The zero-order valence-electron chi connectivity index (χ0n) is 15.4. The van der Waals surface area contributed by atoms with Crippen molar-refractivity contribution in [2.75, 3.05) is 19.5 Å². The van der Waals surface area contributed by atoms with E-state index in [1.165, 1.54) is 20.3 Å². The van der Waals surface area contributed by atoms with Crippen LogP contribution in [0.1, 0.15) is 16.1 Å². The predicted molar refractivity (Wildman–Crippen MR) is 95.4 cm³/mol. The molecule has 1 amide bonds. The SMILES string of the molecule is COc1cc(C(=O)Nc2nnc(-c3cc(C)nn3C)o2)c([N+](=O)[O-])cc1OC. The van der Waals surface area contributed by atoms with Crippen molar-refractivity contribution in [3.8, 4) is 23.1 Å². The van der Waals surface area contributed by atoms with Gasteiger partial charge >= 0.3 is 6.01 Å². The van der Waals surface area contributed by atoms with E-state index >= 15 is 0 Å². The van der Waals surface area contributed by atoms with Crippen LogP contribution in [0.15, 0.2) is 22.6 Å². The summed E-state index contributed by atoms with van der Waals surface area (Å²) in [4.78, 5) is 23.2. The number of aromatic nitrogens is 4. The van der Waals surface area contributed by atoms with Crippen molar-refractivity contribution in [3.63, 3.8) is 0 Å². The van der Waals surface area contributed by atoms with E-state index in [9.17, 15) is 14.9 Å². The van der Waals surface area contributed by atoms with Crippen LogP contribution in [0, 0.1) is 17.0 Å². The quantitative estimate of drug-likeness (QED) is 0.494. The number of methoxy groups -OCH3 is 2. The first-order valence-electron chi connectivity index (χ1n) is 7.90. The molecule has 0 radical (unpaired) electrons. The van der Waals surface area contributed by atoms with Gasteiger partial charge in [0, 0.05) is 13.1 Å². The van der Waals surface area contributed by atoms with Gasteiger partial charge in [0.15, 0.2) is 11.5 Å². The summed E-state index contributed by atoms with van der Waals surface area (Å²) in [6.45, 7) is 1.80. The summed E-state index contributed by atoms with van der Waals surface area (Å²) >= 11 is 0. The van der Waals surface area contributed by atoms with Crippen molar-refractivity contribution < 1.29 is 23.6 Å². The summed E-state index contributed by atoms with van der Waals surface area (Å²) in [5, 5.41) is 25.5. The molecule has 0 saturated heterocycles. The van der Waals surface area contributed by atoms with E-state index in [1.54, 1.807) is 24.7 Å². The van der Waals surface area contributed by atoms with Crippen molar-refractivity contribution in [2.24, 2.45) is 7.05 Å². The number of amides is 1. The molecule has 146 valence electrons. The van der Waals surface area contributed by atoms with Gasteiger partial charge in [0.1, 0.15) is 11.3 Å². The molecule has 0 fully saturated rings. The lowest BCUT2D eigenvalue weighted by Crippen LogP contribution is -2.14. The van der Waals surface area contributed by atoms with E-state index in [2.05, 4.69) is 20.6 Å². The second kappa shape index (κ2) is 7.34. The normalized spacial score (nSPS) is 10.6. The minimum atomic E-state index is -0.816. The fourth-order valence-corrected chi connectivity index (χ4v) is 2.55. The van der Waals surface area contributed by atoms with Crippen LogP contribution in [-0.2, 0) is 7.05 Å². The Balaban J connectivity index is 1.91. The maximum absolute atomic E-state index is 12.6. The number of hydrogen-bond donors (Lipinski definition) is 1. The highest BCUT2D eigenvalue weighted by Crippen LogP contribution is 2.34. The molecule has 0 atom stereocenters. The predicted octanol–water partition coefficient (Wildman–Crippen LogP) is 1.96. The molecule has 1 aromatic carbocycles. The lowest BCUT2D eigenvalue weighted by atomic mass is 10.1. The van der Waals surface area contributed by atoms with Crippen LogP contribution in [0.2, 0.25) is 0 Å². The summed E-state index contributed by atoms with van der Waals surface area (Å²) in [7, 11) is 4.39. The van der Waals surface area contributed by atoms with Gasteiger partial charge < -0.3 is 13.9 Å². The second-order valence-corrected chi connectivity index (χ2v) is 5.64. The highest BCUT2D eigenvalue weighted by Gasteiger charge is 2.26. The lowest BCUT2D eigenvalue weighted by molar-refractivity contribution is -0.385. The molecule has 1 N–H and O–H groups in total. The Hall–Kier alpha value is -3.96. The third-order valence-corrected chi connectivity index (χ3v) is 3.81. The van der Waals surface area contributed by atoms with E-state index in [1.807, 2.05) is 0 Å². The number of carbonyl (C=O) groups excluding carboxylic acids is 1. The molecule has 0 aliphatic carbocycles. The van der Waals surface area contributed by atoms with Gasteiger partial charge in [0.25, 0.3) is 17.5 Å². The van der Waals surface area contributed by atoms with Crippen LogP contribution in [0.5, 0.6) is 11.5 Å². The first kappa shape index (κ1) is 18.8. The van der Waals surface area contributed by atoms with Gasteiger partial charge in [0.2, 0.25) is 0 Å². The standard InChI is InChI=1S/C16H16N6O6/c1-8-5-11(21(2)20-8)15-18-19-16(28-15)17-14(23)9-6-12(26-3)13(27-4)7-10(9)22(24)25/h5-7H,1-4H3,(H,17,19,23). The first-order chi connectivity index (χ1) is 13.3. The zero-order chi connectivity index (χ0) is 20.4. The van der Waals surface area contributed by atoms with Crippen LogP contribution in [0.4, 0.5) is 11.7 Å². The van der Waals surface area contributed by atoms with Crippen LogP contribution in [0.3, 0.4) is 0 Å². The van der Waals surface area contributed by atoms with Crippen LogP contribution in [0.25, 0.3) is 11.6 Å². The zero-order valence-corrected chi connectivity index (χ0v) is 15.4. The number of hydrogen-bond acceptors (Lipinski definition) is 9. The Bertz CT molecular complexity index is 1060. The number of rotatable bonds is 6. The number of nitrogens with one attached hydrogen (secondary N) is 1. The number of carbonyl (C=O) groups is 1. The third kappa shape index (κ3) is 3.47. The Labute approximate surface area is 158 Å². The van der Waals surface area contributed by atoms with Crippen molar-refractivity contribution in [1.82, 2.24) is 20.0 Å². The average molecular weight is 388 g/mol. The number of ether oxygens (including phenoxy) is 2. The third-order valence-electron chi connectivity index (χ3n) is 3.81. The smallest absolute Gasteiger partial charge is 0.322 e. The first-order valence-corrected chi connectivity index (χ1v) is 7.90. The summed E-state index contributed by atoms with van der Waals surface area (Å²) in [6, 6.07) is 3.82. The van der Waals surface area contributed by atoms with Crippen molar-refractivity contribution in [3.05, 3.63) is 39.6 Å². The summed E-state index contributed by atoms with van der Waals surface area (Å²) < 4.78 is 17.1. The monoisotopic (exact) mass is 388 g/mol. The van der Waals surface area contributed by atoms with Crippen LogP contribution < -0.4 is 14.8 Å². The fourth-order valence-electron chi connectivity index (χ4n) is 2.55. The maximum Gasteiger partial charge on any atom is 0.322 e. The molecular weight excluding hydrogens is 372 g/mol. The number of nitro groups is 1. The topological polar surface area (TPSA) is 147 Å². The highest BCUT2D eigenvalue weighted by molar-refractivity contribution is 6.06. The van der Waals surface area contributed by atoms with E-state index in [4.69, 9.17) is 13.9 Å². The van der Waals surface area contributed by atoms with Gasteiger partial charge in [-0.3, -0.25) is 24.9 Å². The van der Waals surface area contributed by atoms with Gasteiger partial charge in [0.05, 0.1) is 30.9 Å².